The van der Waals surface area contributed by atoms with Crippen LogP contribution in [0.2, 0.25) is 0 Å². The van der Waals surface area contributed by atoms with Gasteiger partial charge in [0.1, 0.15) is 22.4 Å². The topological polar surface area (TPSA) is 95.6 Å². The molecule has 1 aromatic carbocycles. The molecule has 0 bridgehead atoms. The minimum Gasteiger partial charge on any atom is -0.487 e. The minimum absolute atomic E-state index is 0.134. The fourth-order valence-corrected chi connectivity index (χ4v) is 5.15. The lowest BCUT2D eigenvalue weighted by molar-refractivity contribution is 0.0750. The van der Waals surface area contributed by atoms with Crippen LogP contribution in [0.15, 0.2) is 41.7 Å². The maximum absolute atomic E-state index is 12.9. The number of hydrogen-bond acceptors (Lipinski definition) is 5. The van der Waals surface area contributed by atoms with Crippen LogP contribution in [0.1, 0.15) is 23.3 Å². The Balaban J connectivity index is 1.63. The predicted molar refractivity (Wildman–Crippen MR) is 93.3 cm³/mol. The number of H-pyrrole nitrogens is 1. The zero-order valence-electron chi connectivity index (χ0n) is 14.3. The molecule has 138 valence electrons. The highest BCUT2D eigenvalue weighted by Gasteiger charge is 2.41. The lowest BCUT2D eigenvalue weighted by atomic mass is 10.1. The van der Waals surface area contributed by atoms with Gasteiger partial charge < -0.3 is 14.6 Å². The molecule has 1 fully saturated rings. The van der Waals surface area contributed by atoms with E-state index in [0.29, 0.717) is 37.4 Å². The van der Waals surface area contributed by atoms with E-state index in [2.05, 4.69) is 9.97 Å². The molecule has 26 heavy (non-hydrogen) atoms. The van der Waals surface area contributed by atoms with Crippen LogP contribution in [0, 0.1) is 0 Å². The molecule has 4 rings (SSSR count). The van der Waals surface area contributed by atoms with E-state index in [9.17, 15) is 13.2 Å². The van der Waals surface area contributed by atoms with Crippen molar-refractivity contribution in [3.8, 4) is 5.75 Å². The van der Waals surface area contributed by atoms with Gasteiger partial charge in [-0.2, -0.15) is 4.31 Å². The number of aromatic nitrogens is 2. The van der Waals surface area contributed by atoms with Crippen molar-refractivity contribution >= 4 is 15.9 Å². The summed E-state index contributed by atoms with van der Waals surface area (Å²) in [5, 5.41) is 0. The highest BCUT2D eigenvalue weighted by Crippen LogP contribution is 2.35. The van der Waals surface area contributed by atoms with Crippen LogP contribution in [-0.2, 0) is 10.0 Å². The van der Waals surface area contributed by atoms with E-state index < -0.39 is 10.0 Å². The van der Waals surface area contributed by atoms with Gasteiger partial charge in [-0.1, -0.05) is 12.1 Å². The highest BCUT2D eigenvalue weighted by atomic mass is 32.2. The van der Waals surface area contributed by atoms with Crippen LogP contribution in [0.3, 0.4) is 0 Å². The van der Waals surface area contributed by atoms with Gasteiger partial charge >= 0.3 is 0 Å². The fraction of sp³-hybridized carbons (Fsp3) is 0.412. The molecule has 8 nitrogen and oxygen atoms in total. The fourth-order valence-electron chi connectivity index (χ4n) is 3.62. The zero-order chi connectivity index (χ0) is 18.3. The number of para-hydroxylation sites is 1. The van der Waals surface area contributed by atoms with Gasteiger partial charge in [-0.25, -0.2) is 13.4 Å². The molecule has 2 aliphatic rings. The number of amides is 1. The molecule has 0 spiro atoms. The summed E-state index contributed by atoms with van der Waals surface area (Å²) in [6, 6.07) is 6.38. The number of fused-ring (bicyclic) bond motifs is 2. The average Bonchev–Trinajstić information content (AvgIpc) is 3.07. The number of hydrogen-bond donors (Lipinski definition) is 1. The molecule has 0 radical (unpaired) electrons. The first kappa shape index (κ1) is 17.0. The third kappa shape index (κ3) is 2.77. The Bertz CT molecular complexity index is 913. The smallest absolute Gasteiger partial charge is 0.271 e. The molecule has 2 atom stereocenters. The Morgan fingerprint density at radius 1 is 1.27 bits per heavy atom. The van der Waals surface area contributed by atoms with Crippen molar-refractivity contribution in [2.75, 3.05) is 20.1 Å². The van der Waals surface area contributed by atoms with Gasteiger partial charge in [0, 0.05) is 26.6 Å². The number of likely N-dealkylation sites (tertiary alicyclic amines) is 1. The van der Waals surface area contributed by atoms with Gasteiger partial charge in [0.2, 0.25) is 10.0 Å². The Labute approximate surface area is 151 Å². The van der Waals surface area contributed by atoms with Crippen LogP contribution in [0.4, 0.5) is 0 Å². The summed E-state index contributed by atoms with van der Waals surface area (Å²) in [4.78, 5) is 21.2. The van der Waals surface area contributed by atoms with E-state index >= 15 is 0 Å². The van der Waals surface area contributed by atoms with Crippen LogP contribution in [-0.4, -0.2) is 65.8 Å². The molecule has 0 unspecified atom stereocenters. The van der Waals surface area contributed by atoms with Crippen molar-refractivity contribution < 1.29 is 17.9 Å². The molecule has 0 saturated carbocycles. The van der Waals surface area contributed by atoms with Gasteiger partial charge in [0.15, 0.2) is 0 Å². The molecular formula is C17H20N4O4S. The SMILES string of the molecule is CN1[C@H]2CCN(C(=O)c3cnc[nH]3)CC[C@@H]2Oc2ccccc2S1(=O)=O. The maximum atomic E-state index is 12.9. The van der Waals surface area contributed by atoms with E-state index in [1.165, 1.54) is 16.8 Å². The minimum atomic E-state index is -3.64. The third-order valence-electron chi connectivity index (χ3n) is 5.07. The van der Waals surface area contributed by atoms with Gasteiger partial charge in [-0.05, 0) is 18.6 Å². The second-order valence-electron chi connectivity index (χ2n) is 6.53. The second kappa shape index (κ2) is 6.40. The first-order valence-electron chi connectivity index (χ1n) is 8.50. The van der Waals surface area contributed by atoms with Gasteiger partial charge in [-0.15, -0.1) is 0 Å². The number of carbonyl (C=O) groups is 1. The number of imidazole rings is 1. The molecular weight excluding hydrogens is 356 g/mol. The number of ether oxygens (including phenoxy) is 1. The van der Waals surface area contributed by atoms with Crippen LogP contribution < -0.4 is 4.74 Å². The van der Waals surface area contributed by atoms with Crippen molar-refractivity contribution in [2.45, 2.75) is 29.9 Å². The largest absolute Gasteiger partial charge is 0.487 e. The molecule has 1 saturated heterocycles. The van der Waals surface area contributed by atoms with Gasteiger partial charge in [0.05, 0.1) is 18.6 Å². The molecule has 2 aliphatic heterocycles. The molecule has 1 N–H and O–H groups in total. The monoisotopic (exact) mass is 376 g/mol. The number of likely N-dealkylation sites (N-methyl/N-ethyl adjacent to an activating group) is 1. The predicted octanol–water partition coefficient (Wildman–Crippen LogP) is 1.10. The van der Waals surface area contributed by atoms with E-state index in [4.69, 9.17) is 4.74 Å². The van der Waals surface area contributed by atoms with Gasteiger partial charge in [-0.3, -0.25) is 4.79 Å². The number of sulfonamides is 1. The summed E-state index contributed by atoms with van der Waals surface area (Å²) >= 11 is 0. The van der Waals surface area contributed by atoms with Crippen LogP contribution in [0.25, 0.3) is 0 Å². The molecule has 0 aliphatic carbocycles. The number of carbonyl (C=O) groups excluding carboxylic acids is 1. The molecule has 9 heteroatoms. The Morgan fingerprint density at radius 3 is 2.81 bits per heavy atom. The Hall–Kier alpha value is -2.39. The van der Waals surface area contributed by atoms with Crippen LogP contribution in [0.5, 0.6) is 5.75 Å². The van der Waals surface area contributed by atoms with E-state index in [0.717, 1.165) is 0 Å². The molecule has 3 heterocycles. The normalized spacial score (nSPS) is 25.3. The van der Waals surface area contributed by atoms with Crippen LogP contribution >= 0.6 is 0 Å². The molecule has 1 aromatic heterocycles. The van der Waals surface area contributed by atoms with Crippen molar-refractivity contribution in [2.24, 2.45) is 0 Å². The number of benzene rings is 1. The molecule has 2 aromatic rings. The number of nitrogens with zero attached hydrogens (tertiary/aromatic N) is 3. The number of rotatable bonds is 1. The lowest BCUT2D eigenvalue weighted by Gasteiger charge is -2.28. The summed E-state index contributed by atoms with van der Waals surface area (Å²) in [7, 11) is -2.05. The van der Waals surface area contributed by atoms with Crippen molar-refractivity contribution in [1.82, 2.24) is 19.2 Å². The summed E-state index contributed by atoms with van der Waals surface area (Å²) in [6.07, 6.45) is 3.72. The standard InChI is InChI=1S/C17H20N4O4S/c1-20-13-6-8-21(17(22)12-10-18-11-19-12)9-7-14(13)25-15-4-2-3-5-16(15)26(20,23)24/h2-5,10-11,13-14H,6-9H2,1H3,(H,18,19)/t13-,14-/m0/s1. The van der Waals surface area contributed by atoms with E-state index in [1.54, 1.807) is 36.2 Å². The summed E-state index contributed by atoms with van der Waals surface area (Å²) in [5.74, 6) is 0.241. The van der Waals surface area contributed by atoms with Crippen molar-refractivity contribution in [3.05, 3.63) is 42.5 Å². The summed E-state index contributed by atoms with van der Waals surface area (Å²) < 4.78 is 33.4. The average molecular weight is 376 g/mol. The van der Waals surface area contributed by atoms with Crippen molar-refractivity contribution in [1.29, 1.82) is 0 Å². The van der Waals surface area contributed by atoms with E-state index in [-0.39, 0.29) is 22.9 Å². The summed E-state index contributed by atoms with van der Waals surface area (Å²) in [5.41, 5.74) is 0.430. The molecule has 1 amide bonds. The quantitative estimate of drug-likeness (QED) is 0.804. The number of aromatic amines is 1. The van der Waals surface area contributed by atoms with E-state index in [1.807, 2.05) is 0 Å². The lowest BCUT2D eigenvalue weighted by Crippen LogP contribution is -2.44. The Kier molecular flexibility index (Phi) is 4.20. The highest BCUT2D eigenvalue weighted by molar-refractivity contribution is 7.89. The Morgan fingerprint density at radius 2 is 2.04 bits per heavy atom. The maximum Gasteiger partial charge on any atom is 0.271 e. The summed E-state index contributed by atoms with van der Waals surface area (Å²) in [6.45, 7) is 0.952. The van der Waals surface area contributed by atoms with Gasteiger partial charge in [0.25, 0.3) is 5.91 Å². The number of nitrogens with one attached hydrogen (secondary N) is 1. The van der Waals surface area contributed by atoms with Crippen molar-refractivity contribution in [3.63, 3.8) is 0 Å². The third-order valence-corrected chi connectivity index (χ3v) is 7.00. The zero-order valence-corrected chi connectivity index (χ0v) is 15.1. The second-order valence-corrected chi connectivity index (χ2v) is 8.49. The first-order valence-corrected chi connectivity index (χ1v) is 9.94. The first-order chi connectivity index (χ1) is 12.5.